The molecule has 0 saturated heterocycles. The van der Waals surface area contributed by atoms with E-state index in [-0.39, 0.29) is 30.7 Å². The summed E-state index contributed by atoms with van der Waals surface area (Å²) >= 11 is 0. The Morgan fingerprint density at radius 2 is 1.86 bits per heavy atom. The monoisotopic (exact) mass is 302 g/mol. The molecule has 0 saturated carbocycles. The highest BCUT2D eigenvalue weighted by atomic mass is 16.5. The van der Waals surface area contributed by atoms with Crippen LogP contribution in [0.1, 0.15) is 37.5 Å². The van der Waals surface area contributed by atoms with Crippen molar-refractivity contribution in [3.8, 4) is 0 Å². The molecule has 0 unspecified atom stereocenters. The van der Waals surface area contributed by atoms with Gasteiger partial charge in [0.25, 0.3) is 0 Å². The molecule has 0 aliphatic carbocycles. The molecule has 7 heteroatoms. The van der Waals surface area contributed by atoms with Gasteiger partial charge in [0.1, 0.15) is 6.04 Å². The minimum Gasteiger partial charge on any atom is -0.345 e. The van der Waals surface area contributed by atoms with Gasteiger partial charge in [-0.1, -0.05) is 23.4 Å². The number of anilines is 1. The SMILES string of the molecule is Cc1noc([C@H](C)NC(=O)CCC(=O)Nc2ccccc2)n1. The van der Waals surface area contributed by atoms with Crippen LogP contribution in [-0.2, 0) is 9.59 Å². The lowest BCUT2D eigenvalue weighted by atomic mass is 10.2. The maximum atomic E-state index is 11.8. The Kier molecular flexibility index (Phi) is 5.24. The largest absolute Gasteiger partial charge is 0.345 e. The first-order valence-electron chi connectivity index (χ1n) is 6.99. The second-order valence-corrected chi connectivity index (χ2v) is 4.88. The summed E-state index contributed by atoms with van der Waals surface area (Å²) in [5, 5.41) is 9.10. The van der Waals surface area contributed by atoms with E-state index in [1.165, 1.54) is 0 Å². The van der Waals surface area contributed by atoms with Crippen LogP contribution in [-0.4, -0.2) is 22.0 Å². The average Bonchev–Trinajstić information content (AvgIpc) is 2.93. The lowest BCUT2D eigenvalue weighted by Gasteiger charge is -2.09. The third-order valence-corrected chi connectivity index (χ3v) is 2.93. The Hall–Kier alpha value is -2.70. The Labute approximate surface area is 128 Å². The average molecular weight is 302 g/mol. The maximum Gasteiger partial charge on any atom is 0.248 e. The zero-order valence-electron chi connectivity index (χ0n) is 12.5. The number of benzene rings is 1. The normalized spacial score (nSPS) is 11.7. The van der Waals surface area contributed by atoms with Crippen LogP contribution in [0.4, 0.5) is 5.69 Å². The predicted octanol–water partition coefficient (Wildman–Crippen LogP) is 1.97. The van der Waals surface area contributed by atoms with Crippen LogP contribution in [0.2, 0.25) is 0 Å². The zero-order chi connectivity index (χ0) is 15.9. The summed E-state index contributed by atoms with van der Waals surface area (Å²) in [6.45, 7) is 3.45. The van der Waals surface area contributed by atoms with E-state index in [4.69, 9.17) is 4.52 Å². The molecule has 2 N–H and O–H groups in total. The predicted molar refractivity (Wildman–Crippen MR) is 79.9 cm³/mol. The van der Waals surface area contributed by atoms with Crippen molar-refractivity contribution < 1.29 is 14.1 Å². The number of amides is 2. The van der Waals surface area contributed by atoms with Crippen molar-refractivity contribution in [1.82, 2.24) is 15.5 Å². The number of aryl methyl sites for hydroxylation is 1. The van der Waals surface area contributed by atoms with E-state index in [2.05, 4.69) is 20.8 Å². The molecule has 0 spiro atoms. The molecule has 1 atom stereocenters. The van der Waals surface area contributed by atoms with Crippen LogP contribution in [0, 0.1) is 6.92 Å². The molecule has 22 heavy (non-hydrogen) atoms. The molecule has 7 nitrogen and oxygen atoms in total. The lowest BCUT2D eigenvalue weighted by molar-refractivity contribution is -0.125. The summed E-state index contributed by atoms with van der Waals surface area (Å²) in [5.74, 6) is 0.409. The van der Waals surface area contributed by atoms with E-state index < -0.39 is 0 Å². The minimum absolute atomic E-state index is 0.0934. The van der Waals surface area contributed by atoms with Crippen molar-refractivity contribution in [3.05, 3.63) is 42.0 Å². The fraction of sp³-hybridized carbons (Fsp3) is 0.333. The molecule has 2 amide bonds. The Morgan fingerprint density at radius 3 is 2.50 bits per heavy atom. The number of rotatable bonds is 6. The van der Waals surface area contributed by atoms with E-state index in [1.54, 1.807) is 26.0 Å². The van der Waals surface area contributed by atoms with Gasteiger partial charge in [0.05, 0.1) is 0 Å². The van der Waals surface area contributed by atoms with Crippen LogP contribution in [0.5, 0.6) is 0 Å². The standard InChI is InChI=1S/C15H18N4O3/c1-10(15-17-11(2)19-22-15)16-13(20)8-9-14(21)18-12-6-4-3-5-7-12/h3-7,10H,8-9H2,1-2H3,(H,16,20)(H,18,21)/t10-/m0/s1. The van der Waals surface area contributed by atoms with Crippen LogP contribution in [0.3, 0.4) is 0 Å². The third-order valence-electron chi connectivity index (χ3n) is 2.93. The second kappa shape index (κ2) is 7.35. The minimum atomic E-state index is -0.383. The van der Waals surface area contributed by atoms with E-state index in [9.17, 15) is 9.59 Å². The van der Waals surface area contributed by atoms with Crippen molar-refractivity contribution in [1.29, 1.82) is 0 Å². The number of para-hydroxylation sites is 1. The number of hydrogen-bond donors (Lipinski definition) is 2. The topological polar surface area (TPSA) is 97.1 Å². The first-order valence-corrected chi connectivity index (χ1v) is 6.99. The van der Waals surface area contributed by atoms with Gasteiger partial charge in [-0.25, -0.2) is 0 Å². The van der Waals surface area contributed by atoms with E-state index >= 15 is 0 Å². The van der Waals surface area contributed by atoms with Crippen molar-refractivity contribution in [3.63, 3.8) is 0 Å². The Morgan fingerprint density at radius 1 is 1.18 bits per heavy atom. The number of carbonyl (C=O) groups excluding carboxylic acids is 2. The first kappa shape index (κ1) is 15.7. The van der Waals surface area contributed by atoms with Crippen molar-refractivity contribution in [2.45, 2.75) is 32.7 Å². The molecule has 0 fully saturated rings. The molecule has 2 aromatic rings. The molecule has 0 radical (unpaired) electrons. The van der Waals surface area contributed by atoms with E-state index in [0.29, 0.717) is 17.4 Å². The van der Waals surface area contributed by atoms with Gasteiger partial charge in [-0.05, 0) is 26.0 Å². The van der Waals surface area contributed by atoms with Crippen LogP contribution in [0.25, 0.3) is 0 Å². The highest BCUT2D eigenvalue weighted by molar-refractivity contribution is 5.93. The molecule has 1 heterocycles. The summed E-state index contributed by atoms with van der Waals surface area (Å²) in [5.41, 5.74) is 0.711. The number of aromatic nitrogens is 2. The molecule has 116 valence electrons. The molecule has 1 aromatic carbocycles. The lowest BCUT2D eigenvalue weighted by Crippen LogP contribution is -2.27. The van der Waals surface area contributed by atoms with Gasteiger partial charge >= 0.3 is 0 Å². The summed E-state index contributed by atoms with van der Waals surface area (Å²) in [6, 6.07) is 8.72. The second-order valence-electron chi connectivity index (χ2n) is 4.88. The fourth-order valence-corrected chi connectivity index (χ4v) is 1.84. The van der Waals surface area contributed by atoms with Gasteiger partial charge in [-0.15, -0.1) is 0 Å². The van der Waals surface area contributed by atoms with Crippen molar-refractivity contribution >= 4 is 17.5 Å². The van der Waals surface area contributed by atoms with Gasteiger partial charge in [-0.3, -0.25) is 9.59 Å². The maximum absolute atomic E-state index is 11.8. The summed E-state index contributed by atoms with van der Waals surface area (Å²) < 4.78 is 4.98. The zero-order valence-corrected chi connectivity index (χ0v) is 12.5. The molecule has 0 aliphatic heterocycles. The van der Waals surface area contributed by atoms with Gasteiger partial charge in [0, 0.05) is 18.5 Å². The summed E-state index contributed by atoms with van der Waals surface area (Å²) in [7, 11) is 0. The van der Waals surface area contributed by atoms with Crippen LogP contribution >= 0.6 is 0 Å². The van der Waals surface area contributed by atoms with Gasteiger partial charge < -0.3 is 15.2 Å². The molecule has 0 bridgehead atoms. The van der Waals surface area contributed by atoms with Crippen LogP contribution < -0.4 is 10.6 Å². The molecule has 1 aromatic heterocycles. The van der Waals surface area contributed by atoms with Gasteiger partial charge in [0.15, 0.2) is 5.82 Å². The number of hydrogen-bond acceptors (Lipinski definition) is 5. The third kappa shape index (κ3) is 4.69. The highest BCUT2D eigenvalue weighted by Crippen LogP contribution is 2.10. The Balaban J connectivity index is 1.74. The Bertz CT molecular complexity index is 639. The van der Waals surface area contributed by atoms with Crippen LogP contribution in [0.15, 0.2) is 34.9 Å². The number of nitrogens with zero attached hydrogens (tertiary/aromatic N) is 2. The molecular weight excluding hydrogens is 284 g/mol. The smallest absolute Gasteiger partial charge is 0.248 e. The highest BCUT2D eigenvalue weighted by Gasteiger charge is 2.16. The fourth-order valence-electron chi connectivity index (χ4n) is 1.84. The van der Waals surface area contributed by atoms with E-state index in [0.717, 1.165) is 0 Å². The summed E-state index contributed by atoms with van der Waals surface area (Å²) in [6.07, 6.45) is 0.201. The van der Waals surface area contributed by atoms with Crippen molar-refractivity contribution in [2.75, 3.05) is 5.32 Å². The van der Waals surface area contributed by atoms with Gasteiger partial charge in [-0.2, -0.15) is 4.98 Å². The summed E-state index contributed by atoms with van der Waals surface area (Å²) in [4.78, 5) is 27.6. The quantitative estimate of drug-likeness (QED) is 0.850. The molecular formula is C15H18N4O3. The molecule has 0 aliphatic rings. The molecule has 2 rings (SSSR count). The van der Waals surface area contributed by atoms with E-state index in [1.807, 2.05) is 18.2 Å². The van der Waals surface area contributed by atoms with Crippen molar-refractivity contribution in [2.24, 2.45) is 0 Å². The van der Waals surface area contributed by atoms with Gasteiger partial charge in [0.2, 0.25) is 17.7 Å². The number of nitrogens with one attached hydrogen (secondary N) is 2. The number of carbonyl (C=O) groups is 2. The first-order chi connectivity index (χ1) is 10.5.